The van der Waals surface area contributed by atoms with Crippen LogP contribution in [0, 0.1) is 18.6 Å². The number of nitrogens with one attached hydrogen (secondary N) is 2. The Balaban J connectivity index is 1.64. The van der Waals surface area contributed by atoms with Gasteiger partial charge < -0.3 is 10.3 Å². The first kappa shape index (κ1) is 20.4. The molecule has 0 saturated carbocycles. The van der Waals surface area contributed by atoms with Crippen LogP contribution in [0.3, 0.4) is 0 Å². The zero-order valence-electron chi connectivity index (χ0n) is 16.7. The highest BCUT2D eigenvalue weighted by Crippen LogP contribution is 2.26. The van der Waals surface area contributed by atoms with E-state index in [-0.39, 0.29) is 17.9 Å². The molecule has 0 fully saturated rings. The largest absolute Gasteiger partial charge is 0.341 e. The van der Waals surface area contributed by atoms with Gasteiger partial charge in [-0.05, 0) is 31.2 Å². The first-order chi connectivity index (χ1) is 14.9. The number of para-hydroxylation sites is 2. The molecule has 1 heterocycles. The van der Waals surface area contributed by atoms with Gasteiger partial charge in [0.15, 0.2) is 17.4 Å². The van der Waals surface area contributed by atoms with E-state index in [0.29, 0.717) is 16.9 Å². The first-order valence-electron chi connectivity index (χ1n) is 9.71. The van der Waals surface area contributed by atoms with Crippen molar-refractivity contribution in [2.75, 3.05) is 5.32 Å². The summed E-state index contributed by atoms with van der Waals surface area (Å²) in [5.41, 5.74) is 3.00. The number of rotatable bonds is 6. The Morgan fingerprint density at radius 3 is 2.45 bits per heavy atom. The zero-order valence-corrected chi connectivity index (χ0v) is 16.7. The molecule has 3 aromatic carbocycles. The maximum atomic E-state index is 13.5. The van der Waals surface area contributed by atoms with E-state index < -0.39 is 23.5 Å². The number of halogens is 2. The van der Waals surface area contributed by atoms with Crippen molar-refractivity contribution < 1.29 is 18.4 Å². The molecule has 0 aliphatic rings. The molecule has 2 N–H and O–H groups in total. The summed E-state index contributed by atoms with van der Waals surface area (Å²) in [5.74, 6) is -3.36. The van der Waals surface area contributed by atoms with Crippen molar-refractivity contribution in [1.82, 2.24) is 9.97 Å². The number of hydrogen-bond acceptors (Lipinski definition) is 3. The van der Waals surface area contributed by atoms with Gasteiger partial charge in [-0.25, -0.2) is 13.8 Å². The van der Waals surface area contributed by atoms with E-state index in [1.807, 2.05) is 43.3 Å². The van der Waals surface area contributed by atoms with Gasteiger partial charge in [-0.1, -0.05) is 42.0 Å². The Hall–Kier alpha value is -3.87. The molecule has 156 valence electrons. The average Bonchev–Trinajstić information content (AvgIpc) is 3.19. The fourth-order valence-corrected chi connectivity index (χ4v) is 3.34. The van der Waals surface area contributed by atoms with Crippen LogP contribution >= 0.6 is 0 Å². The molecule has 4 aromatic rings. The summed E-state index contributed by atoms with van der Waals surface area (Å²) in [5, 5.41) is 2.52. The topological polar surface area (TPSA) is 74.8 Å². The summed E-state index contributed by atoms with van der Waals surface area (Å²) in [4.78, 5) is 33.6. The highest BCUT2D eigenvalue weighted by molar-refractivity contribution is 6.04. The number of fused-ring (bicyclic) bond motifs is 1. The molecule has 0 aliphatic carbocycles. The summed E-state index contributed by atoms with van der Waals surface area (Å²) < 4.78 is 26.6. The van der Waals surface area contributed by atoms with Gasteiger partial charge in [0.05, 0.1) is 17.0 Å². The van der Waals surface area contributed by atoms with E-state index >= 15 is 0 Å². The quantitative estimate of drug-likeness (QED) is 0.425. The molecule has 0 saturated heterocycles. The van der Waals surface area contributed by atoms with Crippen LogP contribution in [-0.2, 0) is 4.79 Å². The van der Waals surface area contributed by atoms with Crippen molar-refractivity contribution in [1.29, 1.82) is 0 Å². The summed E-state index contributed by atoms with van der Waals surface area (Å²) in [6, 6.07) is 17.5. The zero-order chi connectivity index (χ0) is 22.0. The number of aromatic amines is 1. The van der Waals surface area contributed by atoms with Crippen molar-refractivity contribution >= 4 is 28.4 Å². The Kier molecular flexibility index (Phi) is 5.58. The van der Waals surface area contributed by atoms with E-state index in [0.717, 1.165) is 23.2 Å². The lowest BCUT2D eigenvalue weighted by Gasteiger charge is -2.14. The molecule has 1 aromatic heterocycles. The summed E-state index contributed by atoms with van der Waals surface area (Å²) in [6.45, 7) is 1.92. The Morgan fingerprint density at radius 1 is 1.00 bits per heavy atom. The van der Waals surface area contributed by atoms with Gasteiger partial charge in [-0.2, -0.15) is 0 Å². The summed E-state index contributed by atoms with van der Waals surface area (Å²) in [6.07, 6.45) is -0.217. The van der Waals surface area contributed by atoms with Crippen LogP contribution < -0.4 is 5.32 Å². The second kappa shape index (κ2) is 8.47. The van der Waals surface area contributed by atoms with Crippen LogP contribution in [0.4, 0.5) is 14.5 Å². The lowest BCUT2D eigenvalue weighted by Crippen LogP contribution is -2.22. The number of Topliss-reactive ketones (excluding diaryl/α,β-unsaturated/α-hetero) is 1. The number of carbonyl (C=O) groups excluding carboxylic acids is 2. The number of carbonyl (C=O) groups is 2. The Morgan fingerprint density at radius 2 is 1.74 bits per heavy atom. The van der Waals surface area contributed by atoms with Gasteiger partial charge in [0.1, 0.15) is 5.82 Å². The minimum absolute atomic E-state index is 0.107. The van der Waals surface area contributed by atoms with Crippen LogP contribution in [0.1, 0.15) is 34.1 Å². The lowest BCUT2D eigenvalue weighted by molar-refractivity contribution is -0.116. The average molecular weight is 419 g/mol. The van der Waals surface area contributed by atoms with Gasteiger partial charge in [0.25, 0.3) is 0 Å². The lowest BCUT2D eigenvalue weighted by atomic mass is 9.93. The molecule has 31 heavy (non-hydrogen) atoms. The minimum atomic E-state index is -1.07. The second-order valence-electron chi connectivity index (χ2n) is 7.30. The van der Waals surface area contributed by atoms with Gasteiger partial charge in [-0.15, -0.1) is 0 Å². The van der Waals surface area contributed by atoms with Gasteiger partial charge in [-0.3, -0.25) is 9.59 Å². The third-order valence-corrected chi connectivity index (χ3v) is 4.98. The number of hydrogen-bond donors (Lipinski definition) is 2. The summed E-state index contributed by atoms with van der Waals surface area (Å²) >= 11 is 0. The molecule has 0 aliphatic heterocycles. The van der Waals surface area contributed by atoms with Crippen LogP contribution in [-0.4, -0.2) is 21.7 Å². The van der Waals surface area contributed by atoms with E-state index in [1.54, 1.807) is 12.1 Å². The Bertz CT molecular complexity index is 1230. The van der Waals surface area contributed by atoms with Crippen molar-refractivity contribution in [3.63, 3.8) is 0 Å². The third-order valence-electron chi connectivity index (χ3n) is 4.98. The van der Waals surface area contributed by atoms with E-state index in [4.69, 9.17) is 0 Å². The fraction of sp³-hybridized carbons (Fsp3) is 0.125. The smallest absolute Gasteiger partial charge is 0.225 e. The van der Waals surface area contributed by atoms with Gasteiger partial charge in [0.2, 0.25) is 5.91 Å². The number of aryl methyl sites for hydroxylation is 1. The number of benzene rings is 3. The van der Waals surface area contributed by atoms with Crippen LogP contribution in [0.2, 0.25) is 0 Å². The number of imidazole rings is 1. The molecular formula is C24H19F2N3O2. The standard InChI is InChI=1S/C24H19F2N3O2/c1-14-6-8-15(9-7-14)23(31)17(24-28-20-4-2-3-5-21(20)29-24)13-22(30)27-16-10-11-18(25)19(26)12-16/h2-12,17H,13H2,1H3,(H,27,30)(H,28,29)/t17-/m0/s1. The highest BCUT2D eigenvalue weighted by Gasteiger charge is 2.28. The number of aromatic nitrogens is 2. The summed E-state index contributed by atoms with van der Waals surface area (Å²) in [7, 11) is 0. The van der Waals surface area contributed by atoms with Crippen LogP contribution in [0.15, 0.2) is 66.7 Å². The molecule has 5 nitrogen and oxygen atoms in total. The molecule has 1 amide bonds. The molecule has 0 unspecified atom stereocenters. The first-order valence-corrected chi connectivity index (χ1v) is 9.71. The normalized spacial score (nSPS) is 12.0. The number of amides is 1. The molecule has 1 atom stereocenters. The van der Waals surface area contributed by atoms with Crippen molar-refractivity contribution in [3.05, 3.63) is 95.3 Å². The van der Waals surface area contributed by atoms with E-state index in [9.17, 15) is 18.4 Å². The molecular weight excluding hydrogens is 400 g/mol. The van der Waals surface area contributed by atoms with E-state index in [1.165, 1.54) is 6.07 Å². The van der Waals surface area contributed by atoms with Gasteiger partial charge >= 0.3 is 0 Å². The second-order valence-corrected chi connectivity index (χ2v) is 7.30. The monoisotopic (exact) mass is 419 g/mol. The number of nitrogens with zero attached hydrogens (tertiary/aromatic N) is 1. The highest BCUT2D eigenvalue weighted by atomic mass is 19.2. The molecule has 0 spiro atoms. The van der Waals surface area contributed by atoms with Crippen molar-refractivity contribution in [2.45, 2.75) is 19.3 Å². The van der Waals surface area contributed by atoms with Crippen molar-refractivity contribution in [2.24, 2.45) is 0 Å². The number of H-pyrrole nitrogens is 1. The predicted octanol–water partition coefficient (Wildman–Crippen LogP) is 5.14. The molecule has 0 radical (unpaired) electrons. The van der Waals surface area contributed by atoms with E-state index in [2.05, 4.69) is 15.3 Å². The minimum Gasteiger partial charge on any atom is -0.341 e. The predicted molar refractivity (Wildman–Crippen MR) is 114 cm³/mol. The van der Waals surface area contributed by atoms with Gasteiger partial charge in [0, 0.05) is 23.7 Å². The maximum absolute atomic E-state index is 13.5. The maximum Gasteiger partial charge on any atom is 0.225 e. The Labute approximate surface area is 177 Å². The molecule has 4 rings (SSSR count). The van der Waals surface area contributed by atoms with Crippen molar-refractivity contribution in [3.8, 4) is 0 Å². The fourth-order valence-electron chi connectivity index (χ4n) is 3.34. The van der Waals surface area contributed by atoms with Crippen LogP contribution in [0.5, 0.6) is 0 Å². The SMILES string of the molecule is Cc1ccc(C(=O)[C@H](CC(=O)Nc2ccc(F)c(F)c2)c2nc3ccccc3[nH]2)cc1. The number of ketones is 1. The third kappa shape index (κ3) is 4.50. The van der Waals surface area contributed by atoms with Crippen LogP contribution in [0.25, 0.3) is 11.0 Å². The molecule has 7 heteroatoms. The number of anilines is 1. The molecule has 0 bridgehead atoms.